The Kier molecular flexibility index (Phi) is 5.85. The Labute approximate surface area is 194 Å². The summed E-state index contributed by atoms with van der Waals surface area (Å²) in [5, 5.41) is 3.04. The van der Waals surface area contributed by atoms with Crippen LogP contribution in [0.5, 0.6) is 11.5 Å². The average molecular weight is 451 g/mol. The van der Waals surface area contributed by atoms with Gasteiger partial charge in [-0.05, 0) is 49.4 Å². The summed E-state index contributed by atoms with van der Waals surface area (Å²) in [5.41, 5.74) is 3.73. The molecule has 3 heterocycles. The highest BCUT2D eigenvalue weighted by Gasteiger charge is 2.36. The molecule has 0 saturated carbocycles. The number of aryl methyl sites for hydroxylation is 1. The molecule has 3 aliphatic rings. The van der Waals surface area contributed by atoms with Crippen molar-refractivity contribution in [1.29, 1.82) is 0 Å². The van der Waals surface area contributed by atoms with Gasteiger partial charge in [-0.3, -0.25) is 9.59 Å². The van der Waals surface area contributed by atoms with E-state index >= 15 is 0 Å². The first kappa shape index (κ1) is 21.6. The Morgan fingerprint density at radius 1 is 1.03 bits per heavy atom. The van der Waals surface area contributed by atoms with Crippen molar-refractivity contribution in [3.63, 3.8) is 0 Å². The number of carbonyl (C=O) groups is 2. The maximum absolute atomic E-state index is 13.0. The second-order valence-corrected chi connectivity index (χ2v) is 8.85. The average Bonchev–Trinajstić information content (AvgIpc) is 3.46. The molecule has 2 fully saturated rings. The van der Waals surface area contributed by atoms with E-state index in [0.717, 1.165) is 49.7 Å². The number of likely N-dealkylation sites (N-methyl/N-ethyl adjacent to an activating group) is 1. The first-order valence-corrected chi connectivity index (χ1v) is 11.6. The zero-order valence-electron chi connectivity index (χ0n) is 19.2. The van der Waals surface area contributed by atoms with Crippen molar-refractivity contribution in [3.05, 3.63) is 42.0 Å². The fourth-order valence-corrected chi connectivity index (χ4v) is 4.73. The smallest absolute Gasteiger partial charge is 0.231 e. The van der Waals surface area contributed by atoms with E-state index in [0.29, 0.717) is 18.0 Å². The van der Waals surface area contributed by atoms with E-state index in [-0.39, 0.29) is 25.0 Å². The van der Waals surface area contributed by atoms with E-state index in [2.05, 4.69) is 34.2 Å². The normalized spacial score (nSPS) is 20.4. The van der Waals surface area contributed by atoms with Crippen molar-refractivity contribution in [3.8, 4) is 11.5 Å². The zero-order valence-corrected chi connectivity index (χ0v) is 19.2. The Balaban J connectivity index is 1.22. The number of piperazine rings is 1. The highest BCUT2D eigenvalue weighted by Crippen LogP contribution is 2.37. The summed E-state index contributed by atoms with van der Waals surface area (Å²) in [6.07, 6.45) is 0.194. The van der Waals surface area contributed by atoms with Crippen LogP contribution in [0.1, 0.15) is 18.9 Å². The lowest BCUT2D eigenvalue weighted by Crippen LogP contribution is -2.46. The Morgan fingerprint density at radius 2 is 1.79 bits per heavy atom. The van der Waals surface area contributed by atoms with Crippen molar-refractivity contribution in [1.82, 2.24) is 4.90 Å². The lowest BCUT2D eigenvalue weighted by atomic mass is 10.1. The third-order valence-electron chi connectivity index (χ3n) is 6.82. The van der Waals surface area contributed by atoms with Gasteiger partial charge in [0.25, 0.3) is 0 Å². The summed E-state index contributed by atoms with van der Waals surface area (Å²) in [4.78, 5) is 32.1. The number of hydrogen-bond acceptors (Lipinski definition) is 6. The van der Waals surface area contributed by atoms with E-state index < -0.39 is 5.92 Å². The first-order valence-electron chi connectivity index (χ1n) is 11.6. The highest BCUT2D eigenvalue weighted by atomic mass is 16.7. The molecule has 5 rings (SSSR count). The predicted octanol–water partition coefficient (Wildman–Crippen LogP) is 2.86. The lowest BCUT2D eigenvalue weighted by molar-refractivity contribution is -0.122. The van der Waals surface area contributed by atoms with Gasteiger partial charge in [0, 0.05) is 62.3 Å². The number of anilines is 3. The number of rotatable bonds is 5. The number of nitrogens with zero attached hydrogens (tertiary/aromatic N) is 3. The molecule has 3 aliphatic heterocycles. The maximum atomic E-state index is 13.0. The molecule has 0 bridgehead atoms. The van der Waals surface area contributed by atoms with Gasteiger partial charge in [0.2, 0.25) is 18.6 Å². The van der Waals surface area contributed by atoms with Crippen molar-refractivity contribution >= 4 is 28.9 Å². The zero-order chi connectivity index (χ0) is 22.9. The fraction of sp³-hybridized carbons (Fsp3) is 0.440. The molecule has 174 valence electrons. The van der Waals surface area contributed by atoms with Crippen LogP contribution >= 0.6 is 0 Å². The van der Waals surface area contributed by atoms with Crippen molar-refractivity contribution < 1.29 is 19.1 Å². The second-order valence-electron chi connectivity index (χ2n) is 8.85. The van der Waals surface area contributed by atoms with E-state index in [1.165, 1.54) is 5.69 Å². The number of fused-ring (bicyclic) bond motifs is 1. The number of nitrogens with one attached hydrogen (secondary N) is 1. The van der Waals surface area contributed by atoms with Crippen LogP contribution in [-0.4, -0.2) is 62.8 Å². The van der Waals surface area contributed by atoms with E-state index in [1.54, 1.807) is 17.0 Å². The molecule has 1 atom stereocenters. The molecule has 2 amide bonds. The highest BCUT2D eigenvalue weighted by molar-refractivity contribution is 6.04. The number of carbonyl (C=O) groups excluding carboxylic acids is 2. The summed E-state index contributed by atoms with van der Waals surface area (Å²) in [6, 6.07) is 11.6. The predicted molar refractivity (Wildman–Crippen MR) is 127 cm³/mol. The summed E-state index contributed by atoms with van der Waals surface area (Å²) in [6.45, 7) is 10.0. The molecule has 1 N–H and O–H groups in total. The van der Waals surface area contributed by atoms with Gasteiger partial charge in [-0.2, -0.15) is 0 Å². The van der Waals surface area contributed by atoms with E-state index in [1.807, 2.05) is 19.1 Å². The van der Waals surface area contributed by atoms with E-state index in [9.17, 15) is 9.59 Å². The standard InChI is InChI=1S/C25H30N4O4/c1-3-27-8-10-28(11-9-27)19-4-6-21(17(2)12-19)26-25(31)18-13-24(30)29(15-18)20-5-7-22-23(14-20)33-16-32-22/h4-7,12,14,18H,3,8-11,13,15-16H2,1-2H3,(H,26,31). The van der Waals surface area contributed by atoms with Crippen LogP contribution in [-0.2, 0) is 9.59 Å². The van der Waals surface area contributed by atoms with E-state index in [4.69, 9.17) is 9.47 Å². The molecule has 0 spiro atoms. The van der Waals surface area contributed by atoms with Gasteiger partial charge < -0.3 is 29.5 Å². The van der Waals surface area contributed by atoms with Gasteiger partial charge in [0.1, 0.15) is 0 Å². The van der Waals surface area contributed by atoms with Gasteiger partial charge >= 0.3 is 0 Å². The molecule has 2 saturated heterocycles. The lowest BCUT2D eigenvalue weighted by Gasteiger charge is -2.35. The van der Waals surface area contributed by atoms with Crippen LogP contribution < -0.4 is 24.6 Å². The first-order chi connectivity index (χ1) is 16.0. The quantitative estimate of drug-likeness (QED) is 0.755. The van der Waals surface area contributed by atoms with Gasteiger partial charge in [-0.15, -0.1) is 0 Å². The minimum absolute atomic E-state index is 0.0627. The molecule has 33 heavy (non-hydrogen) atoms. The Morgan fingerprint density at radius 3 is 2.55 bits per heavy atom. The molecule has 8 nitrogen and oxygen atoms in total. The van der Waals surface area contributed by atoms with Gasteiger partial charge in [0.15, 0.2) is 11.5 Å². The summed E-state index contributed by atoms with van der Waals surface area (Å²) >= 11 is 0. The topological polar surface area (TPSA) is 74.4 Å². The number of hydrogen-bond donors (Lipinski definition) is 1. The number of amides is 2. The minimum Gasteiger partial charge on any atom is -0.454 e. The third kappa shape index (κ3) is 4.35. The van der Waals surface area contributed by atoms with Crippen LogP contribution in [0.2, 0.25) is 0 Å². The molecule has 0 radical (unpaired) electrons. The van der Waals surface area contributed by atoms with Gasteiger partial charge in [-0.1, -0.05) is 6.92 Å². The monoisotopic (exact) mass is 450 g/mol. The summed E-state index contributed by atoms with van der Waals surface area (Å²) < 4.78 is 10.8. The summed E-state index contributed by atoms with van der Waals surface area (Å²) in [5.74, 6) is 0.710. The van der Waals surface area contributed by atoms with Crippen molar-refractivity contribution in [2.75, 3.05) is 61.2 Å². The van der Waals surface area contributed by atoms with Crippen molar-refractivity contribution in [2.45, 2.75) is 20.3 Å². The number of benzene rings is 2. The molecular weight excluding hydrogens is 420 g/mol. The summed E-state index contributed by atoms with van der Waals surface area (Å²) in [7, 11) is 0. The maximum Gasteiger partial charge on any atom is 0.231 e. The third-order valence-corrected chi connectivity index (χ3v) is 6.82. The van der Waals surface area contributed by atoms with Crippen LogP contribution in [0.4, 0.5) is 17.1 Å². The fourth-order valence-electron chi connectivity index (χ4n) is 4.73. The van der Waals surface area contributed by atoms with Gasteiger partial charge in [-0.25, -0.2) is 0 Å². The molecule has 1 unspecified atom stereocenters. The molecule has 2 aromatic carbocycles. The van der Waals surface area contributed by atoms with Crippen LogP contribution in [0, 0.1) is 12.8 Å². The molecule has 0 aromatic heterocycles. The molecular formula is C25H30N4O4. The minimum atomic E-state index is -0.399. The van der Waals surface area contributed by atoms with Crippen LogP contribution in [0.15, 0.2) is 36.4 Å². The number of ether oxygens (including phenoxy) is 2. The Hall–Kier alpha value is -3.26. The SMILES string of the molecule is CCN1CCN(c2ccc(NC(=O)C3CC(=O)N(c4ccc5c(c4)OCO5)C3)c(C)c2)CC1. The molecule has 0 aliphatic carbocycles. The van der Waals surface area contributed by atoms with Crippen LogP contribution in [0.3, 0.4) is 0 Å². The van der Waals surface area contributed by atoms with Crippen molar-refractivity contribution in [2.24, 2.45) is 5.92 Å². The van der Waals surface area contributed by atoms with Gasteiger partial charge in [0.05, 0.1) is 5.92 Å². The largest absolute Gasteiger partial charge is 0.454 e. The van der Waals surface area contributed by atoms with Crippen LogP contribution in [0.25, 0.3) is 0 Å². The second kappa shape index (κ2) is 8.94. The molecule has 8 heteroatoms. The Bertz CT molecular complexity index is 1060. The molecule has 2 aromatic rings.